The minimum absolute atomic E-state index is 0.358. The lowest BCUT2D eigenvalue weighted by atomic mass is 9.99. The third kappa shape index (κ3) is 3.43. The molecule has 2 N–H and O–H groups in total. The smallest absolute Gasteiger partial charge is 0.325 e. The number of rotatable bonds is 5. The Morgan fingerprint density at radius 3 is 2.88 bits per heavy atom. The maximum Gasteiger partial charge on any atom is 0.325 e. The number of carbonyl (C=O) groups is 1. The van der Waals surface area contributed by atoms with Crippen molar-refractivity contribution in [3.63, 3.8) is 0 Å². The van der Waals surface area contributed by atoms with Gasteiger partial charge in [0.05, 0.1) is 13.7 Å². The molecule has 1 rings (SSSR count). The molecule has 94 valence electrons. The Labute approximate surface area is 96.9 Å². The summed E-state index contributed by atoms with van der Waals surface area (Å²) in [6.45, 7) is 4.08. The van der Waals surface area contributed by atoms with Crippen molar-refractivity contribution in [1.82, 2.24) is 4.90 Å². The maximum atomic E-state index is 11.4. The second-order valence-corrected chi connectivity index (χ2v) is 4.66. The van der Waals surface area contributed by atoms with E-state index in [4.69, 9.17) is 10.5 Å². The van der Waals surface area contributed by atoms with Crippen molar-refractivity contribution in [2.24, 2.45) is 5.73 Å². The van der Waals surface area contributed by atoms with Gasteiger partial charge in [0.1, 0.15) is 5.54 Å². The summed E-state index contributed by atoms with van der Waals surface area (Å²) >= 11 is 0. The Morgan fingerprint density at radius 2 is 2.38 bits per heavy atom. The van der Waals surface area contributed by atoms with E-state index in [1.807, 2.05) is 7.05 Å². The predicted molar refractivity (Wildman–Crippen MR) is 61.1 cm³/mol. The quantitative estimate of drug-likeness (QED) is 0.673. The van der Waals surface area contributed by atoms with Gasteiger partial charge in [0.15, 0.2) is 0 Å². The van der Waals surface area contributed by atoms with Crippen LogP contribution in [0.15, 0.2) is 0 Å². The van der Waals surface area contributed by atoms with Crippen LogP contribution in [0.4, 0.5) is 0 Å². The fraction of sp³-hybridized carbons (Fsp3) is 0.909. The van der Waals surface area contributed by atoms with Gasteiger partial charge in [0.2, 0.25) is 0 Å². The van der Waals surface area contributed by atoms with Crippen LogP contribution < -0.4 is 5.73 Å². The second kappa shape index (κ2) is 5.61. The summed E-state index contributed by atoms with van der Waals surface area (Å²) < 4.78 is 9.98. The molecule has 0 bridgehead atoms. The van der Waals surface area contributed by atoms with Gasteiger partial charge in [-0.3, -0.25) is 4.79 Å². The lowest BCUT2D eigenvalue weighted by Gasteiger charge is -2.27. The lowest BCUT2D eigenvalue weighted by molar-refractivity contribution is -0.146. The fourth-order valence-electron chi connectivity index (χ4n) is 1.80. The monoisotopic (exact) mass is 230 g/mol. The molecular formula is C11H22N2O3. The SMILES string of the molecule is COC(=O)C(C)(N)CCN(C)C1CCOC1. The molecule has 5 nitrogen and oxygen atoms in total. The number of nitrogens with zero attached hydrogens (tertiary/aromatic N) is 1. The number of carbonyl (C=O) groups excluding carboxylic acids is 1. The molecule has 5 heteroatoms. The Kier molecular flexibility index (Phi) is 4.70. The van der Waals surface area contributed by atoms with Gasteiger partial charge in [-0.2, -0.15) is 0 Å². The van der Waals surface area contributed by atoms with Crippen LogP contribution in [0.2, 0.25) is 0 Å². The molecule has 2 unspecified atom stereocenters. The molecule has 0 aromatic carbocycles. The molecule has 0 radical (unpaired) electrons. The van der Waals surface area contributed by atoms with Crippen molar-refractivity contribution in [1.29, 1.82) is 0 Å². The van der Waals surface area contributed by atoms with E-state index in [-0.39, 0.29) is 5.97 Å². The van der Waals surface area contributed by atoms with Gasteiger partial charge in [-0.05, 0) is 26.8 Å². The van der Waals surface area contributed by atoms with Crippen molar-refractivity contribution in [3.8, 4) is 0 Å². The summed E-state index contributed by atoms with van der Waals surface area (Å²) in [7, 11) is 3.40. The summed E-state index contributed by atoms with van der Waals surface area (Å²) in [5.74, 6) is -0.358. The summed E-state index contributed by atoms with van der Waals surface area (Å²) in [5, 5.41) is 0. The molecule has 1 heterocycles. The highest BCUT2D eigenvalue weighted by atomic mass is 16.5. The summed E-state index contributed by atoms with van der Waals surface area (Å²) in [5.41, 5.74) is 4.98. The summed E-state index contributed by atoms with van der Waals surface area (Å²) in [6, 6.07) is 0.452. The topological polar surface area (TPSA) is 64.8 Å². The minimum atomic E-state index is -0.900. The molecule has 2 atom stereocenters. The number of hydrogen-bond acceptors (Lipinski definition) is 5. The molecule has 1 aliphatic heterocycles. The van der Waals surface area contributed by atoms with Gasteiger partial charge in [-0.15, -0.1) is 0 Å². The second-order valence-electron chi connectivity index (χ2n) is 4.66. The Morgan fingerprint density at radius 1 is 1.69 bits per heavy atom. The molecule has 0 aliphatic carbocycles. The highest BCUT2D eigenvalue weighted by Gasteiger charge is 2.30. The van der Waals surface area contributed by atoms with Crippen molar-refractivity contribution in [2.75, 3.05) is 33.9 Å². The Bertz CT molecular complexity index is 237. The normalized spacial score (nSPS) is 24.4. The van der Waals surface area contributed by atoms with E-state index in [9.17, 15) is 4.79 Å². The van der Waals surface area contributed by atoms with E-state index >= 15 is 0 Å². The first-order chi connectivity index (χ1) is 7.47. The van der Waals surface area contributed by atoms with Crippen LogP contribution in [0.1, 0.15) is 19.8 Å². The largest absolute Gasteiger partial charge is 0.468 e. The van der Waals surface area contributed by atoms with Crippen LogP contribution in [-0.2, 0) is 14.3 Å². The van der Waals surface area contributed by atoms with Crippen LogP contribution >= 0.6 is 0 Å². The van der Waals surface area contributed by atoms with Crippen molar-refractivity contribution in [2.45, 2.75) is 31.3 Å². The minimum Gasteiger partial charge on any atom is -0.468 e. The maximum absolute atomic E-state index is 11.4. The third-order valence-electron chi connectivity index (χ3n) is 3.16. The van der Waals surface area contributed by atoms with E-state index in [1.54, 1.807) is 6.92 Å². The Hall–Kier alpha value is -0.650. The molecule has 0 aromatic rings. The zero-order valence-corrected chi connectivity index (χ0v) is 10.4. The van der Waals surface area contributed by atoms with Gasteiger partial charge >= 0.3 is 5.97 Å². The average molecular weight is 230 g/mol. The van der Waals surface area contributed by atoms with E-state index in [2.05, 4.69) is 9.64 Å². The van der Waals surface area contributed by atoms with Crippen molar-refractivity contribution in [3.05, 3.63) is 0 Å². The number of likely N-dealkylation sites (N-methyl/N-ethyl adjacent to an activating group) is 1. The molecule has 1 aliphatic rings. The van der Waals surface area contributed by atoms with E-state index < -0.39 is 5.54 Å². The highest BCUT2D eigenvalue weighted by Crippen LogP contribution is 2.14. The average Bonchev–Trinajstić information content (AvgIpc) is 2.78. The fourth-order valence-corrected chi connectivity index (χ4v) is 1.80. The van der Waals surface area contributed by atoms with Crippen LogP contribution in [0.5, 0.6) is 0 Å². The van der Waals surface area contributed by atoms with Gasteiger partial charge in [-0.1, -0.05) is 0 Å². The van der Waals surface area contributed by atoms with Gasteiger partial charge in [0.25, 0.3) is 0 Å². The molecular weight excluding hydrogens is 208 g/mol. The zero-order valence-electron chi connectivity index (χ0n) is 10.4. The number of esters is 1. The highest BCUT2D eigenvalue weighted by molar-refractivity contribution is 5.79. The van der Waals surface area contributed by atoms with Crippen molar-refractivity contribution < 1.29 is 14.3 Å². The third-order valence-corrected chi connectivity index (χ3v) is 3.16. The van der Waals surface area contributed by atoms with E-state index in [0.717, 1.165) is 26.2 Å². The molecule has 0 spiro atoms. The standard InChI is InChI=1S/C11H22N2O3/c1-11(12,10(14)15-3)5-6-13(2)9-4-7-16-8-9/h9H,4-8,12H2,1-3H3. The van der Waals surface area contributed by atoms with Gasteiger partial charge in [0, 0.05) is 19.2 Å². The van der Waals surface area contributed by atoms with Crippen LogP contribution in [0, 0.1) is 0 Å². The van der Waals surface area contributed by atoms with Crippen LogP contribution in [0.25, 0.3) is 0 Å². The number of ether oxygens (including phenoxy) is 2. The predicted octanol–water partition coefficient (Wildman–Crippen LogP) is -0.0124. The summed E-state index contributed by atoms with van der Waals surface area (Å²) in [6.07, 6.45) is 1.64. The van der Waals surface area contributed by atoms with E-state index in [0.29, 0.717) is 12.5 Å². The number of nitrogens with two attached hydrogens (primary N) is 1. The molecule has 1 fully saturated rings. The lowest BCUT2D eigenvalue weighted by Crippen LogP contribution is -2.48. The summed E-state index contributed by atoms with van der Waals surface area (Å²) in [4.78, 5) is 13.6. The first-order valence-electron chi connectivity index (χ1n) is 5.62. The Balaban J connectivity index is 2.35. The van der Waals surface area contributed by atoms with Gasteiger partial charge < -0.3 is 20.1 Å². The molecule has 0 amide bonds. The van der Waals surface area contributed by atoms with Crippen LogP contribution in [0.3, 0.4) is 0 Å². The first-order valence-corrected chi connectivity index (χ1v) is 5.62. The number of methoxy groups -OCH3 is 1. The number of hydrogen-bond donors (Lipinski definition) is 1. The van der Waals surface area contributed by atoms with Crippen molar-refractivity contribution >= 4 is 5.97 Å². The molecule has 0 aromatic heterocycles. The first kappa shape index (κ1) is 13.4. The zero-order chi connectivity index (χ0) is 12.2. The molecule has 16 heavy (non-hydrogen) atoms. The van der Waals surface area contributed by atoms with E-state index in [1.165, 1.54) is 7.11 Å². The molecule has 0 saturated carbocycles. The van der Waals surface area contributed by atoms with Gasteiger partial charge in [-0.25, -0.2) is 0 Å². The molecule has 1 saturated heterocycles. The van der Waals surface area contributed by atoms with Crippen LogP contribution in [-0.4, -0.2) is 56.4 Å².